The van der Waals surface area contributed by atoms with Gasteiger partial charge in [-0.05, 0) is 31.2 Å². The van der Waals surface area contributed by atoms with E-state index in [1.807, 2.05) is 6.92 Å². The summed E-state index contributed by atoms with van der Waals surface area (Å²) in [6, 6.07) is 5.98. The highest BCUT2D eigenvalue weighted by Gasteiger charge is 2.06. The Morgan fingerprint density at radius 3 is 2.14 bits per heavy atom. The Balaban J connectivity index is 0.00000169. The van der Waals surface area contributed by atoms with Crippen molar-refractivity contribution in [3.05, 3.63) is 24.3 Å². The lowest BCUT2D eigenvalue weighted by atomic mass is 10.3. The molecule has 0 heterocycles. The lowest BCUT2D eigenvalue weighted by Crippen LogP contribution is -2.11. The maximum atomic E-state index is 10.8. The van der Waals surface area contributed by atoms with E-state index in [4.69, 9.17) is 9.88 Å². The van der Waals surface area contributed by atoms with Crippen LogP contribution in [0.2, 0.25) is 0 Å². The van der Waals surface area contributed by atoms with Crippen LogP contribution in [-0.2, 0) is 10.0 Å². The topological polar surface area (TPSA) is 69.4 Å². The van der Waals surface area contributed by atoms with E-state index < -0.39 is 10.0 Å². The first-order valence-electron chi connectivity index (χ1n) is 3.79. The van der Waals surface area contributed by atoms with Crippen LogP contribution in [0, 0.1) is 0 Å². The molecule has 0 radical (unpaired) electrons. The van der Waals surface area contributed by atoms with Gasteiger partial charge in [-0.2, -0.15) is 0 Å². The zero-order chi connectivity index (χ0) is 9.90. The van der Waals surface area contributed by atoms with E-state index >= 15 is 0 Å². The second-order valence-corrected chi connectivity index (χ2v) is 4.01. The van der Waals surface area contributed by atoms with Gasteiger partial charge in [0.05, 0.1) is 11.5 Å². The van der Waals surface area contributed by atoms with Crippen molar-refractivity contribution in [2.45, 2.75) is 11.8 Å². The van der Waals surface area contributed by atoms with Crippen LogP contribution in [0.5, 0.6) is 5.75 Å². The van der Waals surface area contributed by atoms with Gasteiger partial charge < -0.3 is 4.74 Å². The molecule has 2 N–H and O–H groups in total. The van der Waals surface area contributed by atoms with Gasteiger partial charge in [-0.15, -0.1) is 12.4 Å². The van der Waals surface area contributed by atoms with Crippen LogP contribution in [0.15, 0.2) is 29.2 Å². The molecule has 0 saturated carbocycles. The molecule has 0 saturated heterocycles. The molecule has 0 atom stereocenters. The van der Waals surface area contributed by atoms with Gasteiger partial charge in [-0.3, -0.25) is 0 Å². The Morgan fingerprint density at radius 1 is 1.29 bits per heavy atom. The normalized spacial score (nSPS) is 10.4. The second kappa shape index (κ2) is 5.19. The average Bonchev–Trinajstić information content (AvgIpc) is 2.04. The Labute approximate surface area is 89.5 Å². The minimum absolute atomic E-state index is 0. The third-order valence-corrected chi connectivity index (χ3v) is 2.39. The monoisotopic (exact) mass is 237 g/mol. The summed E-state index contributed by atoms with van der Waals surface area (Å²) >= 11 is 0. The fourth-order valence-electron chi connectivity index (χ4n) is 0.892. The van der Waals surface area contributed by atoms with E-state index in [9.17, 15) is 8.42 Å². The summed E-state index contributed by atoms with van der Waals surface area (Å²) in [5.74, 6) is 0.634. The fraction of sp³-hybridized carbons (Fsp3) is 0.250. The highest BCUT2D eigenvalue weighted by atomic mass is 35.5. The minimum atomic E-state index is -3.59. The molecule has 0 aliphatic rings. The summed E-state index contributed by atoms with van der Waals surface area (Å²) in [5.41, 5.74) is 0. The van der Waals surface area contributed by atoms with Crippen molar-refractivity contribution >= 4 is 22.4 Å². The number of hydrogen-bond acceptors (Lipinski definition) is 3. The summed E-state index contributed by atoms with van der Waals surface area (Å²) in [6.45, 7) is 2.41. The van der Waals surface area contributed by atoms with Gasteiger partial charge in [0.15, 0.2) is 0 Å². The van der Waals surface area contributed by atoms with Crippen molar-refractivity contribution in [3.8, 4) is 5.75 Å². The van der Waals surface area contributed by atoms with E-state index in [-0.39, 0.29) is 17.3 Å². The van der Waals surface area contributed by atoms with Crippen molar-refractivity contribution in [1.29, 1.82) is 0 Å². The molecule has 0 fully saturated rings. The van der Waals surface area contributed by atoms with Gasteiger partial charge >= 0.3 is 0 Å². The van der Waals surface area contributed by atoms with Crippen LogP contribution in [0.25, 0.3) is 0 Å². The molecule has 0 aromatic heterocycles. The zero-order valence-electron chi connectivity index (χ0n) is 7.64. The first-order valence-corrected chi connectivity index (χ1v) is 5.34. The van der Waals surface area contributed by atoms with Crippen molar-refractivity contribution in [1.82, 2.24) is 0 Å². The Morgan fingerprint density at radius 2 is 1.79 bits per heavy atom. The predicted octanol–water partition coefficient (Wildman–Crippen LogP) is 1.15. The SMILES string of the molecule is CCOc1ccc(S(N)(=O)=O)cc1.Cl. The quantitative estimate of drug-likeness (QED) is 0.858. The van der Waals surface area contributed by atoms with Gasteiger partial charge in [0.1, 0.15) is 5.75 Å². The van der Waals surface area contributed by atoms with Crippen LogP contribution in [0.4, 0.5) is 0 Å². The third-order valence-electron chi connectivity index (χ3n) is 1.46. The van der Waals surface area contributed by atoms with Crippen molar-refractivity contribution in [2.75, 3.05) is 6.61 Å². The van der Waals surface area contributed by atoms with Crippen LogP contribution in [0.3, 0.4) is 0 Å². The molecule has 1 aromatic rings. The molecule has 14 heavy (non-hydrogen) atoms. The number of halogens is 1. The molecule has 4 nitrogen and oxygen atoms in total. The van der Waals surface area contributed by atoms with E-state index in [0.29, 0.717) is 12.4 Å². The lowest BCUT2D eigenvalue weighted by Gasteiger charge is -2.02. The summed E-state index contributed by atoms with van der Waals surface area (Å²) in [4.78, 5) is 0.0935. The molecule has 0 aliphatic carbocycles. The molecule has 1 rings (SSSR count). The molecule has 0 amide bonds. The number of primary sulfonamides is 1. The molecule has 80 valence electrons. The van der Waals surface area contributed by atoms with Gasteiger partial charge in [0.25, 0.3) is 0 Å². The predicted molar refractivity (Wildman–Crippen MR) is 56.2 cm³/mol. The van der Waals surface area contributed by atoms with E-state index in [0.717, 1.165) is 0 Å². The van der Waals surface area contributed by atoms with Crippen LogP contribution in [-0.4, -0.2) is 15.0 Å². The smallest absolute Gasteiger partial charge is 0.238 e. The molecule has 0 unspecified atom stereocenters. The summed E-state index contributed by atoms with van der Waals surface area (Å²) < 4.78 is 26.8. The molecular weight excluding hydrogens is 226 g/mol. The number of ether oxygens (including phenoxy) is 1. The van der Waals surface area contributed by atoms with Crippen molar-refractivity contribution in [2.24, 2.45) is 5.14 Å². The van der Waals surface area contributed by atoms with Crippen molar-refractivity contribution in [3.63, 3.8) is 0 Å². The number of hydrogen-bond donors (Lipinski definition) is 1. The van der Waals surface area contributed by atoms with Crippen LogP contribution < -0.4 is 9.88 Å². The fourth-order valence-corrected chi connectivity index (χ4v) is 1.41. The minimum Gasteiger partial charge on any atom is -0.494 e. The molecule has 0 aliphatic heterocycles. The van der Waals surface area contributed by atoms with Crippen LogP contribution >= 0.6 is 12.4 Å². The van der Waals surface area contributed by atoms with Gasteiger partial charge in [0, 0.05) is 0 Å². The number of benzene rings is 1. The van der Waals surface area contributed by atoms with Gasteiger partial charge in [-0.25, -0.2) is 13.6 Å². The van der Waals surface area contributed by atoms with Gasteiger partial charge in [0.2, 0.25) is 10.0 Å². The maximum absolute atomic E-state index is 10.8. The highest BCUT2D eigenvalue weighted by molar-refractivity contribution is 7.89. The summed E-state index contributed by atoms with van der Waals surface area (Å²) in [5, 5.41) is 4.91. The van der Waals surface area contributed by atoms with Gasteiger partial charge in [-0.1, -0.05) is 0 Å². The standard InChI is InChI=1S/C8H11NO3S.ClH/c1-2-12-7-3-5-8(6-4-7)13(9,10)11;/h3-6H,2H2,1H3,(H2,9,10,11);1H. The highest BCUT2D eigenvalue weighted by Crippen LogP contribution is 2.14. The Kier molecular flexibility index (Phi) is 4.90. The number of sulfonamides is 1. The van der Waals surface area contributed by atoms with E-state index in [2.05, 4.69) is 0 Å². The van der Waals surface area contributed by atoms with Crippen LogP contribution in [0.1, 0.15) is 6.92 Å². The Bertz CT molecular complexity index is 374. The van der Waals surface area contributed by atoms with E-state index in [1.54, 1.807) is 12.1 Å². The summed E-state index contributed by atoms with van der Waals surface area (Å²) in [6.07, 6.45) is 0. The molecule has 6 heteroatoms. The van der Waals surface area contributed by atoms with Crippen molar-refractivity contribution < 1.29 is 13.2 Å². The number of nitrogens with two attached hydrogens (primary N) is 1. The zero-order valence-corrected chi connectivity index (χ0v) is 9.27. The first kappa shape index (κ1) is 13.2. The molecular formula is C8H12ClNO3S. The largest absolute Gasteiger partial charge is 0.494 e. The first-order chi connectivity index (χ1) is 6.04. The maximum Gasteiger partial charge on any atom is 0.238 e. The average molecular weight is 238 g/mol. The lowest BCUT2D eigenvalue weighted by molar-refractivity contribution is 0.340. The third kappa shape index (κ3) is 3.53. The number of rotatable bonds is 3. The second-order valence-electron chi connectivity index (χ2n) is 2.45. The molecule has 1 aromatic carbocycles. The Hall–Kier alpha value is -0.780. The molecule has 0 spiro atoms. The van der Waals surface area contributed by atoms with E-state index in [1.165, 1.54) is 12.1 Å². The molecule has 0 bridgehead atoms. The summed E-state index contributed by atoms with van der Waals surface area (Å²) in [7, 11) is -3.59.